The molecule has 0 aromatic heterocycles. The molecule has 0 aliphatic heterocycles. The number of halogens is 1. The Balaban J connectivity index is 2.37. The number of Topliss-reactive ketones (excluding diaryl/α,β-unsaturated/α-hetero) is 1. The Morgan fingerprint density at radius 3 is 2.53 bits per heavy atom. The second-order valence-electron chi connectivity index (χ2n) is 4.37. The minimum atomic E-state index is -1.18. The number of aliphatic hydroxyl groups excluding tert-OH is 1. The lowest BCUT2D eigenvalue weighted by molar-refractivity contribution is 0.0746. The molecule has 0 bridgehead atoms. The lowest BCUT2D eigenvalue weighted by Crippen LogP contribution is -2.13. The summed E-state index contributed by atoms with van der Waals surface area (Å²) in [5.74, 6) is -0.371. The summed E-state index contributed by atoms with van der Waals surface area (Å²) >= 11 is 3.34. The van der Waals surface area contributed by atoms with Crippen molar-refractivity contribution in [3.8, 4) is 0 Å². The predicted molar refractivity (Wildman–Crippen MR) is 79.0 cm³/mol. The van der Waals surface area contributed by atoms with Crippen molar-refractivity contribution in [2.75, 3.05) is 5.73 Å². The van der Waals surface area contributed by atoms with Crippen molar-refractivity contribution < 1.29 is 9.90 Å². The van der Waals surface area contributed by atoms with Crippen molar-refractivity contribution in [2.45, 2.75) is 13.0 Å². The number of ketones is 1. The first-order valence-corrected chi connectivity index (χ1v) is 6.63. The first kappa shape index (κ1) is 13.8. The summed E-state index contributed by atoms with van der Waals surface area (Å²) in [4.78, 5) is 12.3. The zero-order chi connectivity index (χ0) is 14.0. The first-order chi connectivity index (χ1) is 9.00. The van der Waals surface area contributed by atoms with Crippen LogP contribution in [0.5, 0.6) is 0 Å². The Morgan fingerprint density at radius 2 is 1.89 bits per heavy atom. The van der Waals surface area contributed by atoms with E-state index in [-0.39, 0.29) is 5.78 Å². The molecular formula is C15H14BrNO2. The van der Waals surface area contributed by atoms with E-state index >= 15 is 0 Å². The zero-order valence-corrected chi connectivity index (χ0v) is 12.0. The summed E-state index contributed by atoms with van der Waals surface area (Å²) < 4.78 is 0.638. The van der Waals surface area contributed by atoms with Gasteiger partial charge in [0.05, 0.1) is 0 Å². The molecule has 98 valence electrons. The molecule has 0 heterocycles. The van der Waals surface area contributed by atoms with Gasteiger partial charge in [0.2, 0.25) is 0 Å². The third kappa shape index (κ3) is 2.85. The molecule has 1 unspecified atom stereocenters. The zero-order valence-electron chi connectivity index (χ0n) is 10.4. The number of carbonyl (C=O) groups excluding carboxylic acids is 1. The van der Waals surface area contributed by atoms with Gasteiger partial charge in [-0.3, -0.25) is 4.79 Å². The van der Waals surface area contributed by atoms with E-state index < -0.39 is 6.10 Å². The Bertz CT molecular complexity index is 611. The fraction of sp³-hybridized carbons (Fsp3) is 0.133. The van der Waals surface area contributed by atoms with Crippen molar-refractivity contribution in [2.24, 2.45) is 0 Å². The van der Waals surface area contributed by atoms with E-state index in [1.54, 1.807) is 36.4 Å². The maximum Gasteiger partial charge on any atom is 0.197 e. The maximum atomic E-state index is 12.3. The van der Waals surface area contributed by atoms with Crippen LogP contribution in [0.1, 0.15) is 27.6 Å². The van der Waals surface area contributed by atoms with E-state index in [9.17, 15) is 9.90 Å². The lowest BCUT2D eigenvalue weighted by atomic mass is 9.98. The second kappa shape index (κ2) is 5.55. The van der Waals surface area contributed by atoms with Crippen LogP contribution >= 0.6 is 15.9 Å². The van der Waals surface area contributed by atoms with E-state index in [1.165, 1.54) is 0 Å². The quantitative estimate of drug-likeness (QED) is 0.674. The molecule has 1 atom stereocenters. The number of aryl methyl sites for hydroxylation is 1. The largest absolute Gasteiger partial charge is 0.398 e. The predicted octanol–water partition coefficient (Wildman–Crippen LogP) is 3.26. The van der Waals surface area contributed by atoms with E-state index in [0.29, 0.717) is 21.3 Å². The first-order valence-electron chi connectivity index (χ1n) is 5.83. The highest BCUT2D eigenvalue weighted by Gasteiger charge is 2.21. The molecule has 0 fully saturated rings. The molecule has 0 amide bonds. The average molecular weight is 320 g/mol. The van der Waals surface area contributed by atoms with E-state index in [4.69, 9.17) is 5.73 Å². The van der Waals surface area contributed by atoms with Crippen molar-refractivity contribution in [3.05, 3.63) is 63.6 Å². The smallest absolute Gasteiger partial charge is 0.197 e. The van der Waals surface area contributed by atoms with Crippen LogP contribution in [0.15, 0.2) is 46.9 Å². The van der Waals surface area contributed by atoms with Crippen LogP contribution in [0, 0.1) is 6.92 Å². The maximum absolute atomic E-state index is 12.3. The number of anilines is 1. The third-order valence-electron chi connectivity index (χ3n) is 2.98. The second-order valence-corrected chi connectivity index (χ2v) is 5.22. The lowest BCUT2D eigenvalue weighted by Gasteiger charge is -2.12. The van der Waals surface area contributed by atoms with Crippen LogP contribution in [-0.4, -0.2) is 10.9 Å². The summed E-state index contributed by atoms with van der Waals surface area (Å²) in [6.45, 7) is 1.86. The molecule has 0 aliphatic rings. The summed E-state index contributed by atoms with van der Waals surface area (Å²) in [5.41, 5.74) is 8.19. The molecule has 0 saturated heterocycles. The number of hydrogen-bond donors (Lipinski definition) is 2. The number of rotatable bonds is 3. The molecule has 2 rings (SSSR count). The molecule has 4 heteroatoms. The normalized spacial score (nSPS) is 12.2. The van der Waals surface area contributed by atoms with Gasteiger partial charge in [-0.25, -0.2) is 0 Å². The molecule has 0 saturated carbocycles. The average Bonchev–Trinajstić information content (AvgIpc) is 2.42. The van der Waals surface area contributed by atoms with Gasteiger partial charge < -0.3 is 10.8 Å². The van der Waals surface area contributed by atoms with Crippen LogP contribution in [0.25, 0.3) is 0 Å². The van der Waals surface area contributed by atoms with Gasteiger partial charge in [-0.1, -0.05) is 46.3 Å². The minimum absolute atomic E-state index is 0.371. The van der Waals surface area contributed by atoms with Crippen LogP contribution in [0.3, 0.4) is 0 Å². The van der Waals surface area contributed by atoms with Crippen molar-refractivity contribution >= 4 is 27.4 Å². The molecule has 2 aromatic carbocycles. The monoisotopic (exact) mass is 319 g/mol. The SMILES string of the molecule is Cc1cc(Br)c(C(=O)C(O)c2ccccc2)cc1N. The molecule has 3 nitrogen and oxygen atoms in total. The van der Waals surface area contributed by atoms with Crippen LogP contribution in [0.4, 0.5) is 5.69 Å². The van der Waals surface area contributed by atoms with Gasteiger partial charge in [-0.2, -0.15) is 0 Å². The highest BCUT2D eigenvalue weighted by Crippen LogP contribution is 2.27. The molecule has 19 heavy (non-hydrogen) atoms. The molecule has 0 radical (unpaired) electrons. The van der Waals surface area contributed by atoms with Gasteiger partial charge in [0.25, 0.3) is 0 Å². The number of nitrogen functional groups attached to an aromatic ring is 1. The molecule has 0 aliphatic carbocycles. The van der Waals surface area contributed by atoms with Crippen molar-refractivity contribution in [1.29, 1.82) is 0 Å². The number of carbonyl (C=O) groups is 1. The van der Waals surface area contributed by atoms with Crippen LogP contribution in [0.2, 0.25) is 0 Å². The molecule has 2 aromatic rings. The van der Waals surface area contributed by atoms with Gasteiger partial charge in [0, 0.05) is 15.7 Å². The van der Waals surface area contributed by atoms with Gasteiger partial charge in [0.1, 0.15) is 6.10 Å². The number of hydrogen-bond acceptors (Lipinski definition) is 3. The Labute approximate surface area is 120 Å². The van der Waals surface area contributed by atoms with Crippen molar-refractivity contribution in [1.82, 2.24) is 0 Å². The van der Waals surface area contributed by atoms with Crippen LogP contribution in [-0.2, 0) is 0 Å². The fourth-order valence-electron chi connectivity index (χ4n) is 1.81. The van der Waals surface area contributed by atoms with Gasteiger partial charge >= 0.3 is 0 Å². The summed E-state index contributed by atoms with van der Waals surface area (Å²) in [6.07, 6.45) is -1.18. The summed E-state index contributed by atoms with van der Waals surface area (Å²) in [7, 11) is 0. The molecular weight excluding hydrogens is 306 g/mol. The highest BCUT2D eigenvalue weighted by atomic mass is 79.9. The van der Waals surface area contributed by atoms with E-state index in [1.807, 2.05) is 13.0 Å². The number of benzene rings is 2. The Hall–Kier alpha value is -1.65. The highest BCUT2D eigenvalue weighted by molar-refractivity contribution is 9.10. The van der Waals surface area contributed by atoms with Crippen molar-refractivity contribution in [3.63, 3.8) is 0 Å². The molecule has 0 spiro atoms. The van der Waals surface area contributed by atoms with E-state index in [0.717, 1.165) is 5.56 Å². The Kier molecular flexibility index (Phi) is 4.02. The number of aliphatic hydroxyl groups is 1. The fourth-order valence-corrected chi connectivity index (χ4v) is 2.47. The van der Waals surface area contributed by atoms with Gasteiger partial charge in [0.15, 0.2) is 5.78 Å². The minimum Gasteiger partial charge on any atom is -0.398 e. The summed E-state index contributed by atoms with van der Waals surface area (Å²) in [6, 6.07) is 12.2. The summed E-state index contributed by atoms with van der Waals surface area (Å²) in [5, 5.41) is 10.1. The van der Waals surface area contributed by atoms with Crippen LogP contribution < -0.4 is 5.73 Å². The molecule has 3 N–H and O–H groups in total. The number of nitrogens with two attached hydrogens (primary N) is 1. The Morgan fingerprint density at radius 1 is 1.26 bits per heavy atom. The standard InChI is InChI=1S/C15H14BrNO2/c1-9-7-12(16)11(8-13(9)17)15(19)14(18)10-5-3-2-4-6-10/h2-8,14,18H,17H2,1H3. The van der Waals surface area contributed by atoms with Gasteiger partial charge in [-0.15, -0.1) is 0 Å². The van der Waals surface area contributed by atoms with Gasteiger partial charge in [-0.05, 0) is 30.2 Å². The van der Waals surface area contributed by atoms with E-state index in [2.05, 4.69) is 15.9 Å². The topological polar surface area (TPSA) is 63.3 Å². The third-order valence-corrected chi connectivity index (χ3v) is 3.64.